The van der Waals surface area contributed by atoms with Crippen molar-refractivity contribution >= 4 is 32.5 Å². The van der Waals surface area contributed by atoms with Gasteiger partial charge in [-0.1, -0.05) is 12.1 Å². The average Bonchev–Trinajstić information content (AvgIpc) is 3.38. The van der Waals surface area contributed by atoms with Crippen molar-refractivity contribution in [2.75, 3.05) is 6.26 Å². The van der Waals surface area contributed by atoms with Crippen molar-refractivity contribution in [3.05, 3.63) is 64.0 Å². The summed E-state index contributed by atoms with van der Waals surface area (Å²) in [6.07, 6.45) is -1.62. The van der Waals surface area contributed by atoms with E-state index in [0.717, 1.165) is 22.4 Å². The quantitative estimate of drug-likeness (QED) is 0.349. The number of nitrogens with zero attached hydrogens (tertiary/aromatic N) is 2. The fourth-order valence-electron chi connectivity index (χ4n) is 3.21. The summed E-state index contributed by atoms with van der Waals surface area (Å²) in [5, 5.41) is 8.86. The van der Waals surface area contributed by atoms with Gasteiger partial charge >= 0.3 is 0 Å². The summed E-state index contributed by atoms with van der Waals surface area (Å²) in [5.41, 5.74) is 3.22. The number of aryl methyl sites for hydroxylation is 2. The molecule has 0 bridgehead atoms. The first-order valence-corrected chi connectivity index (χ1v) is 12.6. The highest BCUT2D eigenvalue weighted by atomic mass is 32.2. The van der Waals surface area contributed by atoms with Crippen molar-refractivity contribution < 1.29 is 17.2 Å². The largest absolute Gasteiger partial charge is 0.282 e. The lowest BCUT2D eigenvalue weighted by molar-refractivity contribution is 0.146. The second-order valence-corrected chi connectivity index (χ2v) is 10.9. The van der Waals surface area contributed by atoms with Crippen molar-refractivity contribution in [1.82, 2.24) is 9.78 Å². The molecule has 0 atom stereocenters. The summed E-state index contributed by atoms with van der Waals surface area (Å²) in [4.78, 5) is 0.872. The highest BCUT2D eigenvalue weighted by Gasteiger charge is 2.28. The number of benzene rings is 1. The third kappa shape index (κ3) is 3.84. The molecule has 0 N–H and O–H groups in total. The van der Waals surface area contributed by atoms with Gasteiger partial charge in [0.2, 0.25) is 0 Å². The van der Waals surface area contributed by atoms with E-state index in [0.29, 0.717) is 21.7 Å². The van der Waals surface area contributed by atoms with Gasteiger partial charge in [-0.3, -0.25) is 0 Å². The molecule has 0 saturated heterocycles. The second-order valence-electron chi connectivity index (χ2n) is 7.07. The van der Waals surface area contributed by atoms with E-state index in [1.165, 1.54) is 34.8 Å². The van der Waals surface area contributed by atoms with Gasteiger partial charge in [0, 0.05) is 22.3 Å². The molecule has 4 nitrogen and oxygen atoms in total. The number of halogens is 2. The van der Waals surface area contributed by atoms with Crippen molar-refractivity contribution in [2.24, 2.45) is 0 Å². The first kappa shape index (κ1) is 20.9. The van der Waals surface area contributed by atoms with E-state index in [4.69, 9.17) is 0 Å². The summed E-state index contributed by atoms with van der Waals surface area (Å²) < 4.78 is 53.3. The van der Waals surface area contributed by atoms with Gasteiger partial charge in [0.15, 0.2) is 9.84 Å². The molecule has 0 spiro atoms. The molecule has 0 saturated carbocycles. The van der Waals surface area contributed by atoms with Gasteiger partial charge in [-0.2, -0.15) is 5.10 Å². The molecule has 3 aromatic heterocycles. The summed E-state index contributed by atoms with van der Waals surface area (Å²) in [6, 6.07) is 10.0. The molecule has 4 rings (SSSR count). The second kappa shape index (κ2) is 7.72. The van der Waals surface area contributed by atoms with Gasteiger partial charge in [0.05, 0.1) is 10.6 Å². The molecule has 0 aliphatic carbocycles. The van der Waals surface area contributed by atoms with Crippen LogP contribution in [0.15, 0.2) is 52.1 Å². The highest BCUT2D eigenvalue weighted by Crippen LogP contribution is 2.43. The first-order chi connectivity index (χ1) is 14.1. The molecule has 156 valence electrons. The number of thiophene rings is 2. The summed E-state index contributed by atoms with van der Waals surface area (Å²) in [5.74, 6) is 0. The van der Waals surface area contributed by atoms with Crippen LogP contribution in [0, 0.1) is 13.8 Å². The average molecular weight is 465 g/mol. The number of rotatable bonds is 5. The standard InChI is InChI=1S/C21H18F2N2O2S3/c1-12-8-16(28-10-12)18-19(21(22)23)24-25(17-9-13(2)11-29-17)20(18)14-4-6-15(7-5-14)30(3,26)27/h4-11,21H,1-3H3. The van der Waals surface area contributed by atoms with E-state index < -0.39 is 16.3 Å². The van der Waals surface area contributed by atoms with Crippen LogP contribution in [0.1, 0.15) is 23.2 Å². The Bertz CT molecular complexity index is 1320. The van der Waals surface area contributed by atoms with E-state index in [9.17, 15) is 17.2 Å². The monoisotopic (exact) mass is 464 g/mol. The van der Waals surface area contributed by atoms with Gasteiger partial charge < -0.3 is 0 Å². The maximum Gasteiger partial charge on any atom is 0.282 e. The number of sulfone groups is 1. The van der Waals surface area contributed by atoms with E-state index in [-0.39, 0.29) is 10.6 Å². The molecule has 0 amide bonds. The molecule has 0 fully saturated rings. The third-order valence-electron chi connectivity index (χ3n) is 4.58. The minimum Gasteiger partial charge on any atom is -0.224 e. The Morgan fingerprint density at radius 2 is 1.63 bits per heavy atom. The molecule has 30 heavy (non-hydrogen) atoms. The maximum atomic E-state index is 14.0. The zero-order valence-corrected chi connectivity index (χ0v) is 18.8. The number of alkyl halides is 2. The molecule has 3 heterocycles. The predicted molar refractivity (Wildman–Crippen MR) is 118 cm³/mol. The molecule has 4 aromatic rings. The zero-order valence-electron chi connectivity index (χ0n) is 16.4. The van der Waals surface area contributed by atoms with E-state index in [2.05, 4.69) is 5.10 Å². The Labute approximate surface area is 181 Å². The fraction of sp³-hybridized carbons (Fsp3) is 0.190. The van der Waals surface area contributed by atoms with Crippen LogP contribution in [0.4, 0.5) is 8.78 Å². The zero-order chi connectivity index (χ0) is 21.6. The molecular weight excluding hydrogens is 446 g/mol. The van der Waals surface area contributed by atoms with Gasteiger partial charge in [-0.15, -0.1) is 22.7 Å². The van der Waals surface area contributed by atoms with E-state index in [1.54, 1.807) is 16.8 Å². The van der Waals surface area contributed by atoms with Crippen LogP contribution in [-0.2, 0) is 9.84 Å². The van der Waals surface area contributed by atoms with Gasteiger partial charge in [-0.25, -0.2) is 21.9 Å². The van der Waals surface area contributed by atoms with Crippen molar-refractivity contribution in [2.45, 2.75) is 25.2 Å². The smallest absolute Gasteiger partial charge is 0.224 e. The lowest BCUT2D eigenvalue weighted by Crippen LogP contribution is -1.99. The summed E-state index contributed by atoms with van der Waals surface area (Å²) >= 11 is 2.80. The third-order valence-corrected chi connectivity index (χ3v) is 7.79. The maximum absolute atomic E-state index is 14.0. The molecule has 1 aromatic carbocycles. The Balaban J connectivity index is 2.03. The van der Waals surface area contributed by atoms with Crippen LogP contribution in [0.5, 0.6) is 0 Å². The van der Waals surface area contributed by atoms with Crippen LogP contribution >= 0.6 is 22.7 Å². The van der Waals surface area contributed by atoms with Crippen LogP contribution in [0.2, 0.25) is 0 Å². The topological polar surface area (TPSA) is 52.0 Å². The summed E-state index contributed by atoms with van der Waals surface area (Å²) in [6.45, 7) is 3.84. The van der Waals surface area contributed by atoms with Gasteiger partial charge in [0.25, 0.3) is 6.43 Å². The van der Waals surface area contributed by atoms with Crippen LogP contribution in [0.25, 0.3) is 26.7 Å². The highest BCUT2D eigenvalue weighted by molar-refractivity contribution is 7.90. The minimum atomic E-state index is -3.37. The van der Waals surface area contributed by atoms with Crippen molar-refractivity contribution in [3.8, 4) is 26.7 Å². The minimum absolute atomic E-state index is 0.173. The lowest BCUT2D eigenvalue weighted by atomic mass is 10.0. The first-order valence-electron chi connectivity index (χ1n) is 8.97. The molecular formula is C21H18F2N2O2S3. The van der Waals surface area contributed by atoms with Crippen molar-refractivity contribution in [3.63, 3.8) is 0 Å². The molecule has 0 aliphatic heterocycles. The molecule has 0 unspecified atom stereocenters. The van der Waals surface area contributed by atoms with Crippen LogP contribution in [-0.4, -0.2) is 24.5 Å². The number of hydrogen-bond donors (Lipinski definition) is 0. The van der Waals surface area contributed by atoms with Crippen molar-refractivity contribution in [1.29, 1.82) is 0 Å². The van der Waals surface area contributed by atoms with Crippen LogP contribution < -0.4 is 0 Å². The number of aromatic nitrogens is 2. The van der Waals surface area contributed by atoms with E-state index >= 15 is 0 Å². The summed E-state index contributed by atoms with van der Waals surface area (Å²) in [7, 11) is -3.37. The lowest BCUT2D eigenvalue weighted by Gasteiger charge is -2.09. The van der Waals surface area contributed by atoms with E-state index in [1.807, 2.05) is 36.7 Å². The normalized spacial score (nSPS) is 12.1. The molecule has 9 heteroatoms. The predicted octanol–water partition coefficient (Wildman–Crippen LogP) is 6.29. The van der Waals surface area contributed by atoms with Crippen LogP contribution in [0.3, 0.4) is 0 Å². The fourth-order valence-corrected chi connectivity index (χ4v) is 5.65. The number of hydrogen-bond acceptors (Lipinski definition) is 5. The Morgan fingerprint density at radius 1 is 1.00 bits per heavy atom. The van der Waals surface area contributed by atoms with Gasteiger partial charge in [-0.05, 0) is 60.0 Å². The Morgan fingerprint density at radius 3 is 2.13 bits per heavy atom. The Kier molecular flexibility index (Phi) is 5.37. The molecule has 0 radical (unpaired) electrons. The SMILES string of the molecule is Cc1csc(-c2c(C(F)F)nn(-c3cc(C)cs3)c2-c2ccc(S(C)(=O)=O)cc2)c1. The van der Waals surface area contributed by atoms with Gasteiger partial charge in [0.1, 0.15) is 10.7 Å². The Hall–Kier alpha value is -2.36. The molecule has 0 aliphatic rings.